The number of carboxylic acids is 1. The van der Waals surface area contributed by atoms with Gasteiger partial charge in [-0.15, -0.1) is 0 Å². The Hall–Kier alpha value is -1.89. The summed E-state index contributed by atoms with van der Waals surface area (Å²) in [4.78, 5) is 33.1. The van der Waals surface area contributed by atoms with Crippen LogP contribution >= 0.6 is 0 Å². The second-order valence-electron chi connectivity index (χ2n) is 4.82. The average molecular weight is 300 g/mol. The molecule has 0 aliphatic carbocycles. The van der Waals surface area contributed by atoms with Crippen molar-refractivity contribution in [3.05, 3.63) is 12.2 Å². The highest BCUT2D eigenvalue weighted by Crippen LogP contribution is 2.21. The minimum absolute atomic E-state index is 0.152. The van der Waals surface area contributed by atoms with Crippen molar-refractivity contribution in [3.63, 3.8) is 0 Å². The van der Waals surface area contributed by atoms with E-state index in [0.29, 0.717) is 25.0 Å². The normalized spacial score (nSPS) is 20.8. The molecule has 7 nitrogen and oxygen atoms in total. The van der Waals surface area contributed by atoms with E-state index in [1.54, 1.807) is 6.92 Å². The fraction of sp³-hybridized carbons (Fsp3) is 0.643. The molecule has 0 spiro atoms. The predicted molar refractivity (Wildman–Crippen MR) is 71.5 cm³/mol. The highest BCUT2D eigenvalue weighted by molar-refractivity contribution is 5.86. The van der Waals surface area contributed by atoms with Crippen LogP contribution in [0.3, 0.4) is 0 Å². The van der Waals surface area contributed by atoms with E-state index in [1.165, 1.54) is 0 Å². The summed E-state index contributed by atoms with van der Waals surface area (Å²) < 4.78 is 15.6. The molecule has 1 N–H and O–H groups in total. The van der Waals surface area contributed by atoms with Gasteiger partial charge in [0, 0.05) is 18.4 Å². The third-order valence-electron chi connectivity index (χ3n) is 2.96. The zero-order valence-corrected chi connectivity index (χ0v) is 12.0. The molecule has 0 aromatic heterocycles. The van der Waals surface area contributed by atoms with Crippen molar-refractivity contribution in [1.82, 2.24) is 0 Å². The van der Waals surface area contributed by atoms with Gasteiger partial charge >= 0.3 is 17.9 Å². The van der Waals surface area contributed by atoms with Crippen LogP contribution in [0.25, 0.3) is 0 Å². The molecule has 2 atom stereocenters. The quantitative estimate of drug-likeness (QED) is 0.528. The van der Waals surface area contributed by atoms with Crippen molar-refractivity contribution in [3.8, 4) is 0 Å². The highest BCUT2D eigenvalue weighted by atomic mass is 16.6. The van der Waals surface area contributed by atoms with Gasteiger partial charge in [0.15, 0.2) is 0 Å². The van der Waals surface area contributed by atoms with Crippen LogP contribution < -0.4 is 0 Å². The molecular weight excluding hydrogens is 280 g/mol. The summed E-state index contributed by atoms with van der Waals surface area (Å²) in [5.41, 5.74) is 0.319. The Labute approximate surface area is 122 Å². The molecule has 1 saturated heterocycles. The largest absolute Gasteiger partial charge is 0.481 e. The van der Waals surface area contributed by atoms with Crippen molar-refractivity contribution < 1.29 is 33.7 Å². The molecule has 7 heteroatoms. The maximum atomic E-state index is 11.5. The number of carboxylic acid groups (broad SMARTS) is 1. The number of rotatable bonds is 8. The Morgan fingerprint density at radius 2 is 2.05 bits per heavy atom. The van der Waals surface area contributed by atoms with E-state index in [0.717, 1.165) is 0 Å². The Morgan fingerprint density at radius 1 is 1.33 bits per heavy atom. The summed E-state index contributed by atoms with van der Waals surface area (Å²) in [6.07, 6.45) is -0.212. The topological polar surface area (TPSA) is 99.1 Å². The first kappa shape index (κ1) is 17.2. The molecule has 118 valence electrons. The van der Waals surface area contributed by atoms with Gasteiger partial charge in [-0.05, 0) is 6.92 Å². The summed E-state index contributed by atoms with van der Waals surface area (Å²) in [5, 5.41) is 8.50. The van der Waals surface area contributed by atoms with Crippen LogP contribution in [0.15, 0.2) is 12.2 Å². The summed E-state index contributed by atoms with van der Waals surface area (Å²) in [5.74, 6) is -2.07. The molecule has 1 aliphatic rings. The molecule has 21 heavy (non-hydrogen) atoms. The van der Waals surface area contributed by atoms with Crippen LogP contribution in [-0.4, -0.2) is 48.4 Å². The molecule has 0 amide bonds. The number of hydrogen-bond acceptors (Lipinski definition) is 6. The second-order valence-corrected chi connectivity index (χ2v) is 4.82. The number of esters is 2. The molecule has 0 aromatic carbocycles. The van der Waals surface area contributed by atoms with E-state index in [1.807, 2.05) is 0 Å². The monoisotopic (exact) mass is 300 g/mol. The number of carbonyl (C=O) groups excluding carboxylic acids is 2. The number of ether oxygens (including phenoxy) is 3. The Balaban J connectivity index is 2.31. The van der Waals surface area contributed by atoms with Gasteiger partial charge < -0.3 is 19.3 Å². The van der Waals surface area contributed by atoms with Crippen LogP contribution in [0.4, 0.5) is 0 Å². The number of aliphatic carboxylic acids is 1. The number of hydrogen-bond donors (Lipinski definition) is 1. The van der Waals surface area contributed by atoms with Gasteiger partial charge in [0.2, 0.25) is 0 Å². The minimum atomic E-state index is -1.04. The molecule has 0 saturated carbocycles. The van der Waals surface area contributed by atoms with Crippen LogP contribution in [0.1, 0.15) is 32.6 Å². The van der Waals surface area contributed by atoms with Crippen LogP contribution in [0, 0.1) is 0 Å². The maximum Gasteiger partial charge on any atom is 0.333 e. The molecule has 0 bridgehead atoms. The molecular formula is C14H20O7. The maximum absolute atomic E-state index is 11.5. The fourth-order valence-electron chi connectivity index (χ4n) is 1.86. The van der Waals surface area contributed by atoms with Gasteiger partial charge in [0.05, 0.1) is 32.2 Å². The second kappa shape index (κ2) is 8.41. The predicted octanol–water partition coefficient (Wildman–Crippen LogP) is 1.06. The van der Waals surface area contributed by atoms with Crippen LogP contribution in [0.5, 0.6) is 0 Å². The van der Waals surface area contributed by atoms with Crippen molar-refractivity contribution in [2.45, 2.75) is 44.8 Å². The lowest BCUT2D eigenvalue weighted by atomic mass is 10.1. The van der Waals surface area contributed by atoms with Crippen molar-refractivity contribution in [2.24, 2.45) is 0 Å². The zero-order chi connectivity index (χ0) is 15.8. The Kier molecular flexibility index (Phi) is 6.87. The molecule has 1 heterocycles. The van der Waals surface area contributed by atoms with Gasteiger partial charge in [0.1, 0.15) is 6.10 Å². The van der Waals surface area contributed by atoms with E-state index >= 15 is 0 Å². The van der Waals surface area contributed by atoms with Crippen LogP contribution in [-0.2, 0) is 28.6 Å². The first-order valence-corrected chi connectivity index (χ1v) is 6.75. The average Bonchev–Trinajstić information content (AvgIpc) is 2.83. The van der Waals surface area contributed by atoms with E-state index in [9.17, 15) is 14.4 Å². The van der Waals surface area contributed by atoms with Gasteiger partial charge in [0.25, 0.3) is 0 Å². The minimum Gasteiger partial charge on any atom is -0.481 e. The van der Waals surface area contributed by atoms with Gasteiger partial charge in [-0.25, -0.2) is 4.79 Å². The molecule has 1 fully saturated rings. The highest BCUT2D eigenvalue weighted by Gasteiger charge is 2.31. The molecule has 1 rings (SSSR count). The zero-order valence-electron chi connectivity index (χ0n) is 12.0. The lowest BCUT2D eigenvalue weighted by molar-refractivity contribution is -0.155. The standard InChI is InChI=1S/C14H20O7/c1-9(2)14(18)20-8-5-10-11(6-7-19-10)21-13(17)4-3-12(15)16/h10-11H,1,3-8H2,2H3,(H,15,16). The lowest BCUT2D eigenvalue weighted by Gasteiger charge is -2.18. The van der Waals surface area contributed by atoms with E-state index < -0.39 is 24.0 Å². The molecule has 1 aliphatic heterocycles. The summed E-state index contributed by atoms with van der Waals surface area (Å²) >= 11 is 0. The third kappa shape index (κ3) is 6.40. The van der Waals surface area contributed by atoms with Gasteiger partial charge in [-0.3, -0.25) is 9.59 Å². The molecule has 2 unspecified atom stereocenters. The third-order valence-corrected chi connectivity index (χ3v) is 2.96. The van der Waals surface area contributed by atoms with E-state index in [2.05, 4.69) is 6.58 Å². The molecule has 0 radical (unpaired) electrons. The first-order chi connectivity index (χ1) is 9.90. The summed E-state index contributed by atoms with van der Waals surface area (Å²) in [6.45, 7) is 5.64. The number of carbonyl (C=O) groups is 3. The van der Waals surface area contributed by atoms with E-state index in [-0.39, 0.29) is 25.6 Å². The Bertz CT molecular complexity index is 416. The summed E-state index contributed by atoms with van der Waals surface area (Å²) in [6, 6.07) is 0. The molecule has 0 aromatic rings. The SMILES string of the molecule is C=C(C)C(=O)OCCC1OCCC1OC(=O)CCC(=O)O. The smallest absolute Gasteiger partial charge is 0.333 e. The van der Waals surface area contributed by atoms with Crippen molar-refractivity contribution in [2.75, 3.05) is 13.2 Å². The van der Waals surface area contributed by atoms with Crippen LogP contribution in [0.2, 0.25) is 0 Å². The lowest BCUT2D eigenvalue weighted by Crippen LogP contribution is -2.29. The van der Waals surface area contributed by atoms with Crippen molar-refractivity contribution in [1.29, 1.82) is 0 Å². The Morgan fingerprint density at radius 3 is 2.67 bits per heavy atom. The summed E-state index contributed by atoms with van der Waals surface area (Å²) in [7, 11) is 0. The van der Waals surface area contributed by atoms with Gasteiger partial charge in [-0.1, -0.05) is 6.58 Å². The fourth-order valence-corrected chi connectivity index (χ4v) is 1.86. The first-order valence-electron chi connectivity index (χ1n) is 6.75. The van der Waals surface area contributed by atoms with Gasteiger partial charge in [-0.2, -0.15) is 0 Å². The van der Waals surface area contributed by atoms with Crippen molar-refractivity contribution >= 4 is 17.9 Å². The van der Waals surface area contributed by atoms with E-state index in [4.69, 9.17) is 19.3 Å².